The number of rotatable bonds is 5. The number of carbonyl (C=O) groups excluding carboxylic acids is 1. The summed E-state index contributed by atoms with van der Waals surface area (Å²) >= 11 is 0. The van der Waals surface area contributed by atoms with Crippen LogP contribution < -0.4 is 5.32 Å². The number of nitrogens with zero attached hydrogens (tertiary/aromatic N) is 3. The molecule has 0 bridgehead atoms. The highest BCUT2D eigenvalue weighted by atomic mass is 35.5. The molecule has 7 heteroatoms. The third kappa shape index (κ3) is 5.53. The first-order valence-electron chi connectivity index (χ1n) is 9.22. The molecule has 0 spiro atoms. The normalized spacial score (nSPS) is 17.0. The minimum Gasteiger partial charge on any atom is -0.339 e. The summed E-state index contributed by atoms with van der Waals surface area (Å²) in [5, 5.41) is 7.28. The molecule has 0 saturated carbocycles. The van der Waals surface area contributed by atoms with Crippen LogP contribution in [0.25, 0.3) is 11.4 Å². The van der Waals surface area contributed by atoms with Gasteiger partial charge in [-0.3, -0.25) is 4.79 Å². The van der Waals surface area contributed by atoms with Crippen LogP contribution in [0.2, 0.25) is 0 Å². The number of halogens is 1. The van der Waals surface area contributed by atoms with E-state index in [1.54, 1.807) is 0 Å². The van der Waals surface area contributed by atoms with Gasteiger partial charge in [0, 0.05) is 30.6 Å². The minimum absolute atomic E-state index is 0. The lowest BCUT2D eigenvalue weighted by molar-refractivity contribution is 0.0787. The van der Waals surface area contributed by atoms with E-state index in [1.807, 2.05) is 36.2 Å². The molecule has 1 amide bonds. The number of amides is 1. The molecule has 1 N–H and O–H groups in total. The maximum absolute atomic E-state index is 12.8. The van der Waals surface area contributed by atoms with Gasteiger partial charge in [0.15, 0.2) is 0 Å². The first kappa shape index (κ1) is 21.4. The van der Waals surface area contributed by atoms with Crippen molar-refractivity contribution < 1.29 is 9.32 Å². The summed E-state index contributed by atoms with van der Waals surface area (Å²) in [6.45, 7) is 8.97. The molecule has 1 atom stereocenters. The van der Waals surface area contributed by atoms with Crippen molar-refractivity contribution in [1.29, 1.82) is 0 Å². The number of hydrogen-bond donors (Lipinski definition) is 1. The molecule has 0 aliphatic carbocycles. The summed E-state index contributed by atoms with van der Waals surface area (Å²) in [4.78, 5) is 19.2. The van der Waals surface area contributed by atoms with Gasteiger partial charge in [-0.2, -0.15) is 4.98 Å². The van der Waals surface area contributed by atoms with Crippen LogP contribution in [0, 0.1) is 11.3 Å². The summed E-state index contributed by atoms with van der Waals surface area (Å²) in [7, 11) is 1.95. The van der Waals surface area contributed by atoms with E-state index in [1.165, 1.54) is 0 Å². The molecule has 3 rings (SSSR count). The van der Waals surface area contributed by atoms with Crippen molar-refractivity contribution >= 4 is 18.3 Å². The van der Waals surface area contributed by atoms with E-state index in [9.17, 15) is 4.79 Å². The lowest BCUT2D eigenvalue weighted by atomic mass is 9.92. The quantitative estimate of drug-likeness (QED) is 0.844. The molecule has 6 nitrogen and oxygen atoms in total. The largest absolute Gasteiger partial charge is 0.339 e. The zero-order chi connectivity index (χ0) is 18.7. The summed E-state index contributed by atoms with van der Waals surface area (Å²) in [5.74, 6) is 1.76. The first-order valence-corrected chi connectivity index (χ1v) is 9.22. The molecule has 27 heavy (non-hydrogen) atoms. The number of likely N-dealkylation sites (tertiary alicyclic amines) is 1. The minimum atomic E-state index is 0. The van der Waals surface area contributed by atoms with Gasteiger partial charge in [-0.05, 0) is 43.5 Å². The molecule has 1 aliphatic rings. The number of aromatic nitrogens is 2. The zero-order valence-electron chi connectivity index (χ0n) is 16.5. The monoisotopic (exact) mass is 392 g/mol. The van der Waals surface area contributed by atoms with Gasteiger partial charge in [0.2, 0.25) is 11.7 Å². The molecule has 1 fully saturated rings. The van der Waals surface area contributed by atoms with Crippen molar-refractivity contribution in [2.24, 2.45) is 11.3 Å². The van der Waals surface area contributed by atoms with E-state index in [-0.39, 0.29) is 23.7 Å². The van der Waals surface area contributed by atoms with Gasteiger partial charge in [0.05, 0.1) is 0 Å². The first-order chi connectivity index (χ1) is 12.4. The molecule has 1 saturated heterocycles. The third-order valence-corrected chi connectivity index (χ3v) is 4.58. The predicted octanol–water partition coefficient (Wildman–Crippen LogP) is 3.43. The molecular weight excluding hydrogens is 364 g/mol. The van der Waals surface area contributed by atoms with Crippen molar-refractivity contribution in [2.45, 2.75) is 33.6 Å². The van der Waals surface area contributed by atoms with Crippen molar-refractivity contribution in [3.63, 3.8) is 0 Å². The summed E-state index contributed by atoms with van der Waals surface area (Å²) < 4.78 is 5.37. The SMILES string of the molecule is CNCC1CCN(C(=O)c2cccc(-c3noc(CC(C)(C)C)n3)c2)C1.Cl. The fourth-order valence-corrected chi connectivity index (χ4v) is 3.34. The second kappa shape index (κ2) is 8.85. The van der Waals surface area contributed by atoms with Crippen molar-refractivity contribution in [1.82, 2.24) is 20.4 Å². The maximum atomic E-state index is 12.8. The zero-order valence-corrected chi connectivity index (χ0v) is 17.3. The Morgan fingerprint density at radius 1 is 1.37 bits per heavy atom. The summed E-state index contributed by atoms with van der Waals surface area (Å²) in [6, 6.07) is 7.51. The molecule has 1 unspecified atom stereocenters. The van der Waals surface area contributed by atoms with Gasteiger partial charge in [0.1, 0.15) is 0 Å². The van der Waals surface area contributed by atoms with Crippen LogP contribution in [0.3, 0.4) is 0 Å². The lowest BCUT2D eigenvalue weighted by Crippen LogP contribution is -2.30. The maximum Gasteiger partial charge on any atom is 0.253 e. The topological polar surface area (TPSA) is 71.3 Å². The smallest absolute Gasteiger partial charge is 0.253 e. The van der Waals surface area contributed by atoms with Crippen LogP contribution in [0.15, 0.2) is 28.8 Å². The van der Waals surface area contributed by atoms with E-state index in [2.05, 4.69) is 36.2 Å². The highest BCUT2D eigenvalue weighted by Gasteiger charge is 2.26. The van der Waals surface area contributed by atoms with Gasteiger partial charge in [0.25, 0.3) is 5.91 Å². The Balaban J connectivity index is 0.00000261. The number of benzene rings is 1. The van der Waals surface area contributed by atoms with Crippen LogP contribution in [-0.2, 0) is 6.42 Å². The molecule has 1 aromatic carbocycles. The average molecular weight is 393 g/mol. The predicted molar refractivity (Wildman–Crippen MR) is 108 cm³/mol. The molecule has 2 aromatic rings. The number of carbonyl (C=O) groups is 1. The third-order valence-electron chi connectivity index (χ3n) is 4.58. The second-order valence-corrected chi connectivity index (χ2v) is 8.29. The van der Waals surface area contributed by atoms with Crippen LogP contribution in [0.4, 0.5) is 0 Å². The van der Waals surface area contributed by atoms with Crippen LogP contribution in [-0.4, -0.2) is 47.6 Å². The molecule has 1 aromatic heterocycles. The van der Waals surface area contributed by atoms with E-state index >= 15 is 0 Å². The fourth-order valence-electron chi connectivity index (χ4n) is 3.34. The van der Waals surface area contributed by atoms with E-state index < -0.39 is 0 Å². The van der Waals surface area contributed by atoms with Gasteiger partial charge in [-0.25, -0.2) is 0 Å². The lowest BCUT2D eigenvalue weighted by Gasteiger charge is -2.17. The van der Waals surface area contributed by atoms with Gasteiger partial charge in [-0.15, -0.1) is 12.4 Å². The Morgan fingerprint density at radius 3 is 2.85 bits per heavy atom. The number of hydrogen-bond acceptors (Lipinski definition) is 5. The van der Waals surface area contributed by atoms with E-state index in [4.69, 9.17) is 4.52 Å². The van der Waals surface area contributed by atoms with Crippen molar-refractivity contribution in [2.75, 3.05) is 26.7 Å². The van der Waals surface area contributed by atoms with Gasteiger partial charge in [-0.1, -0.05) is 38.1 Å². The summed E-state index contributed by atoms with van der Waals surface area (Å²) in [6.07, 6.45) is 1.77. The average Bonchev–Trinajstić information content (AvgIpc) is 3.23. The number of nitrogens with one attached hydrogen (secondary N) is 1. The highest BCUT2D eigenvalue weighted by molar-refractivity contribution is 5.95. The standard InChI is InChI=1S/C20H28N4O2.ClH/c1-20(2,3)11-17-22-18(23-26-17)15-6-5-7-16(10-15)19(25)24-9-8-14(13-24)12-21-4;/h5-7,10,14,21H,8-9,11-13H2,1-4H3;1H. The Labute approximate surface area is 167 Å². The van der Waals surface area contributed by atoms with E-state index in [0.717, 1.165) is 38.0 Å². The Hall–Kier alpha value is -1.92. The Morgan fingerprint density at radius 2 is 2.15 bits per heavy atom. The van der Waals surface area contributed by atoms with Gasteiger partial charge < -0.3 is 14.7 Å². The summed E-state index contributed by atoms with van der Waals surface area (Å²) in [5.41, 5.74) is 1.57. The van der Waals surface area contributed by atoms with Crippen molar-refractivity contribution in [3.05, 3.63) is 35.7 Å². The van der Waals surface area contributed by atoms with Crippen LogP contribution in [0.1, 0.15) is 43.4 Å². The fraction of sp³-hybridized carbons (Fsp3) is 0.550. The second-order valence-electron chi connectivity index (χ2n) is 8.29. The van der Waals surface area contributed by atoms with E-state index in [0.29, 0.717) is 23.2 Å². The van der Waals surface area contributed by atoms with Crippen molar-refractivity contribution in [3.8, 4) is 11.4 Å². The Bertz CT molecular complexity index is 769. The van der Waals surface area contributed by atoms with Crippen LogP contribution in [0.5, 0.6) is 0 Å². The molecule has 148 valence electrons. The van der Waals surface area contributed by atoms with Crippen LogP contribution >= 0.6 is 12.4 Å². The Kier molecular flexibility index (Phi) is 7.00. The molecule has 2 heterocycles. The molecular formula is C20H29ClN4O2. The highest BCUT2D eigenvalue weighted by Crippen LogP contribution is 2.24. The molecule has 0 radical (unpaired) electrons. The van der Waals surface area contributed by atoms with Gasteiger partial charge >= 0.3 is 0 Å². The molecule has 1 aliphatic heterocycles.